The normalized spacial score (nSPS) is 13.5. The third kappa shape index (κ3) is 3.95. The van der Waals surface area contributed by atoms with Gasteiger partial charge in [0.2, 0.25) is 0 Å². The molecule has 1 saturated carbocycles. The molecule has 0 saturated heterocycles. The van der Waals surface area contributed by atoms with Crippen LogP contribution in [0.5, 0.6) is 0 Å². The van der Waals surface area contributed by atoms with Gasteiger partial charge in [-0.1, -0.05) is 29.8 Å². The Bertz CT molecular complexity index is 1230. The Kier molecular flexibility index (Phi) is 4.81. The molecular formula is C24H27N7. The lowest BCUT2D eigenvalue weighted by atomic mass is 10.1. The zero-order valence-electron chi connectivity index (χ0n) is 18.4. The lowest BCUT2D eigenvalue weighted by molar-refractivity contribution is 0.571. The third-order valence-corrected chi connectivity index (χ3v) is 5.77. The first-order valence-corrected chi connectivity index (χ1v) is 10.7. The molecule has 1 aromatic carbocycles. The average Bonchev–Trinajstić information content (AvgIpc) is 3.44. The Morgan fingerprint density at radius 3 is 2.42 bits per heavy atom. The van der Waals surface area contributed by atoms with Crippen LogP contribution in [0.25, 0.3) is 17.1 Å². The van der Waals surface area contributed by atoms with Crippen molar-refractivity contribution in [3.8, 4) is 17.1 Å². The van der Waals surface area contributed by atoms with E-state index in [1.165, 1.54) is 18.4 Å². The standard InChI is InChI=1S/C24H27N7/c1-15-5-9-20(10-6-15)23-18(4)24(30(29-23)13-19-7-8-19)27-21-12-22(26-14-25-21)31-17(3)11-16(2)28-31/h5-6,9-12,14,19H,7-8,13H2,1-4H3,(H,25,26,27). The fraction of sp³-hybridized carbons (Fsp3) is 0.333. The van der Waals surface area contributed by atoms with Crippen molar-refractivity contribution in [2.45, 2.75) is 47.1 Å². The minimum Gasteiger partial charge on any atom is -0.325 e. The van der Waals surface area contributed by atoms with E-state index in [0.717, 1.165) is 52.2 Å². The van der Waals surface area contributed by atoms with Crippen molar-refractivity contribution < 1.29 is 0 Å². The summed E-state index contributed by atoms with van der Waals surface area (Å²) in [7, 11) is 0. The molecule has 1 fully saturated rings. The largest absolute Gasteiger partial charge is 0.325 e. The molecule has 0 aliphatic heterocycles. The molecule has 158 valence electrons. The van der Waals surface area contributed by atoms with Crippen molar-refractivity contribution >= 4 is 11.6 Å². The molecule has 0 amide bonds. The lowest BCUT2D eigenvalue weighted by Gasteiger charge is -2.11. The maximum atomic E-state index is 4.98. The number of rotatable bonds is 6. The highest BCUT2D eigenvalue weighted by Crippen LogP contribution is 2.35. The van der Waals surface area contributed by atoms with Crippen LogP contribution in [0.4, 0.5) is 11.6 Å². The second kappa shape index (κ2) is 7.65. The summed E-state index contributed by atoms with van der Waals surface area (Å²) in [5.41, 5.74) is 6.51. The zero-order chi connectivity index (χ0) is 21.5. The number of nitrogens with one attached hydrogen (secondary N) is 1. The van der Waals surface area contributed by atoms with Crippen LogP contribution in [0.2, 0.25) is 0 Å². The quantitative estimate of drug-likeness (QED) is 0.486. The van der Waals surface area contributed by atoms with E-state index in [1.54, 1.807) is 6.33 Å². The fourth-order valence-corrected chi connectivity index (χ4v) is 3.89. The number of benzene rings is 1. The number of nitrogens with zero attached hydrogens (tertiary/aromatic N) is 6. The topological polar surface area (TPSA) is 73.5 Å². The highest BCUT2D eigenvalue weighted by molar-refractivity contribution is 5.71. The Morgan fingerprint density at radius 1 is 0.968 bits per heavy atom. The van der Waals surface area contributed by atoms with Crippen LogP contribution in [0, 0.1) is 33.6 Å². The van der Waals surface area contributed by atoms with Gasteiger partial charge in [-0.3, -0.25) is 0 Å². The molecular weight excluding hydrogens is 386 g/mol. The number of aryl methyl sites for hydroxylation is 3. The molecule has 1 aliphatic carbocycles. The van der Waals surface area contributed by atoms with Crippen LogP contribution < -0.4 is 5.32 Å². The van der Waals surface area contributed by atoms with Crippen LogP contribution in [-0.2, 0) is 6.54 Å². The molecule has 0 radical (unpaired) electrons. The van der Waals surface area contributed by atoms with Gasteiger partial charge in [0, 0.05) is 29.4 Å². The van der Waals surface area contributed by atoms with E-state index in [0.29, 0.717) is 5.92 Å². The molecule has 1 N–H and O–H groups in total. The number of hydrogen-bond donors (Lipinski definition) is 1. The van der Waals surface area contributed by atoms with E-state index in [1.807, 2.05) is 30.7 Å². The Morgan fingerprint density at radius 2 is 1.74 bits per heavy atom. The lowest BCUT2D eigenvalue weighted by Crippen LogP contribution is -2.09. The van der Waals surface area contributed by atoms with E-state index >= 15 is 0 Å². The molecule has 1 aliphatic rings. The smallest absolute Gasteiger partial charge is 0.159 e. The maximum absolute atomic E-state index is 4.98. The first-order valence-electron chi connectivity index (χ1n) is 10.7. The molecule has 7 heteroatoms. The van der Waals surface area contributed by atoms with Gasteiger partial charge in [-0.05, 0) is 52.5 Å². The van der Waals surface area contributed by atoms with Gasteiger partial charge in [0.05, 0.1) is 11.4 Å². The van der Waals surface area contributed by atoms with Gasteiger partial charge < -0.3 is 5.32 Å². The van der Waals surface area contributed by atoms with Crippen LogP contribution >= 0.6 is 0 Å². The van der Waals surface area contributed by atoms with Crippen LogP contribution in [0.15, 0.2) is 42.7 Å². The SMILES string of the molecule is Cc1ccc(-c2nn(CC3CC3)c(Nc3cc(-n4nc(C)cc4C)ncn3)c2C)cc1. The molecule has 5 rings (SSSR count). The monoisotopic (exact) mass is 413 g/mol. The van der Waals surface area contributed by atoms with Crippen LogP contribution in [-0.4, -0.2) is 29.5 Å². The summed E-state index contributed by atoms with van der Waals surface area (Å²) in [5.74, 6) is 3.17. The summed E-state index contributed by atoms with van der Waals surface area (Å²) in [6, 6.07) is 12.5. The van der Waals surface area contributed by atoms with Gasteiger partial charge in [-0.2, -0.15) is 10.2 Å². The van der Waals surface area contributed by atoms with Crippen molar-refractivity contribution in [1.82, 2.24) is 29.5 Å². The predicted molar refractivity (Wildman–Crippen MR) is 122 cm³/mol. The van der Waals surface area contributed by atoms with Crippen LogP contribution in [0.3, 0.4) is 0 Å². The van der Waals surface area contributed by atoms with Crippen LogP contribution in [0.1, 0.15) is 35.4 Å². The molecule has 0 atom stereocenters. The van der Waals surface area contributed by atoms with Gasteiger partial charge in [0.25, 0.3) is 0 Å². The first-order chi connectivity index (χ1) is 15.0. The Balaban J connectivity index is 1.51. The van der Waals surface area contributed by atoms with Crippen molar-refractivity contribution in [3.63, 3.8) is 0 Å². The summed E-state index contributed by atoms with van der Waals surface area (Å²) in [5, 5.41) is 13.0. The summed E-state index contributed by atoms with van der Waals surface area (Å²) in [4.78, 5) is 8.88. The van der Waals surface area contributed by atoms with Crippen molar-refractivity contribution in [2.75, 3.05) is 5.32 Å². The zero-order valence-corrected chi connectivity index (χ0v) is 18.4. The Labute approximate surface area is 182 Å². The summed E-state index contributed by atoms with van der Waals surface area (Å²) >= 11 is 0. The molecule has 3 heterocycles. The van der Waals surface area contributed by atoms with Crippen molar-refractivity contribution in [3.05, 3.63) is 65.2 Å². The molecule has 3 aromatic heterocycles. The van der Waals surface area contributed by atoms with E-state index in [-0.39, 0.29) is 0 Å². The predicted octanol–water partition coefficient (Wildman–Crippen LogP) is 4.91. The molecule has 4 aromatic rings. The molecule has 0 unspecified atom stereocenters. The van der Waals surface area contributed by atoms with E-state index in [2.05, 4.69) is 63.2 Å². The number of aromatic nitrogens is 6. The molecule has 0 bridgehead atoms. The second-order valence-electron chi connectivity index (χ2n) is 8.54. The third-order valence-electron chi connectivity index (χ3n) is 5.77. The van der Waals surface area contributed by atoms with Gasteiger partial charge in [0.1, 0.15) is 18.0 Å². The molecule has 7 nitrogen and oxygen atoms in total. The van der Waals surface area contributed by atoms with Crippen molar-refractivity contribution in [1.29, 1.82) is 0 Å². The van der Waals surface area contributed by atoms with E-state index in [9.17, 15) is 0 Å². The average molecular weight is 414 g/mol. The molecule has 0 spiro atoms. The highest BCUT2D eigenvalue weighted by atomic mass is 15.4. The van der Waals surface area contributed by atoms with E-state index in [4.69, 9.17) is 5.10 Å². The maximum Gasteiger partial charge on any atom is 0.159 e. The minimum absolute atomic E-state index is 0.710. The van der Waals surface area contributed by atoms with Gasteiger partial charge in [-0.15, -0.1) is 0 Å². The summed E-state index contributed by atoms with van der Waals surface area (Å²) in [6.07, 6.45) is 4.12. The molecule has 31 heavy (non-hydrogen) atoms. The minimum atomic E-state index is 0.710. The van der Waals surface area contributed by atoms with Gasteiger partial charge >= 0.3 is 0 Å². The summed E-state index contributed by atoms with van der Waals surface area (Å²) < 4.78 is 3.95. The summed E-state index contributed by atoms with van der Waals surface area (Å²) in [6.45, 7) is 9.15. The van der Waals surface area contributed by atoms with E-state index < -0.39 is 0 Å². The van der Waals surface area contributed by atoms with Gasteiger partial charge in [-0.25, -0.2) is 19.3 Å². The van der Waals surface area contributed by atoms with Crippen molar-refractivity contribution in [2.24, 2.45) is 5.92 Å². The fourth-order valence-electron chi connectivity index (χ4n) is 3.89. The number of hydrogen-bond acceptors (Lipinski definition) is 5. The highest BCUT2D eigenvalue weighted by Gasteiger charge is 2.25. The first kappa shape index (κ1) is 19.5. The van der Waals surface area contributed by atoms with Gasteiger partial charge in [0.15, 0.2) is 5.82 Å². The Hall–Kier alpha value is -3.48. The number of anilines is 2. The second-order valence-corrected chi connectivity index (χ2v) is 8.54.